The Morgan fingerprint density at radius 2 is 2.05 bits per heavy atom. The Labute approximate surface area is 133 Å². The van der Waals surface area contributed by atoms with Gasteiger partial charge in [-0.05, 0) is 63.9 Å². The topological polar surface area (TPSA) is 72.2 Å². The van der Waals surface area contributed by atoms with Gasteiger partial charge in [0.2, 0.25) is 10.0 Å². The van der Waals surface area contributed by atoms with Crippen LogP contribution in [0.4, 0.5) is 0 Å². The summed E-state index contributed by atoms with van der Waals surface area (Å²) in [6.07, 6.45) is 2.16. The van der Waals surface area contributed by atoms with Crippen LogP contribution in [0.25, 0.3) is 0 Å². The van der Waals surface area contributed by atoms with Crippen LogP contribution in [-0.4, -0.2) is 26.5 Å². The zero-order valence-electron chi connectivity index (χ0n) is 11.1. The van der Waals surface area contributed by atoms with Crippen LogP contribution in [0.15, 0.2) is 27.6 Å². The van der Waals surface area contributed by atoms with Gasteiger partial charge in [0.25, 0.3) is 0 Å². The monoisotopic (exact) mass is 378 g/mol. The predicted molar refractivity (Wildman–Crippen MR) is 87.3 cm³/mol. The van der Waals surface area contributed by atoms with Crippen LogP contribution in [0.3, 0.4) is 0 Å². The summed E-state index contributed by atoms with van der Waals surface area (Å²) >= 11 is 5.24. The van der Waals surface area contributed by atoms with Gasteiger partial charge >= 0.3 is 0 Å². The van der Waals surface area contributed by atoms with Crippen LogP contribution >= 0.6 is 27.7 Å². The van der Waals surface area contributed by atoms with Crippen molar-refractivity contribution in [2.45, 2.75) is 24.3 Å². The third-order valence-electron chi connectivity index (χ3n) is 3.42. The SMILES string of the molecule is NCc1ccc(Br)c(S(=O)(=O)NCC2CCSCC2)c1. The highest BCUT2D eigenvalue weighted by atomic mass is 79.9. The molecule has 0 unspecified atom stereocenters. The van der Waals surface area contributed by atoms with Crippen LogP contribution < -0.4 is 10.5 Å². The Morgan fingerprint density at radius 1 is 1.35 bits per heavy atom. The molecule has 0 aliphatic carbocycles. The van der Waals surface area contributed by atoms with E-state index in [0.717, 1.165) is 29.9 Å². The Kier molecular flexibility index (Phi) is 5.92. The number of hydrogen-bond acceptors (Lipinski definition) is 4. The first-order valence-corrected chi connectivity index (χ1v) is 10.0. The Bertz CT molecular complexity index is 557. The molecule has 112 valence electrons. The first-order chi connectivity index (χ1) is 9.53. The van der Waals surface area contributed by atoms with Gasteiger partial charge in [0, 0.05) is 17.6 Å². The molecule has 4 nitrogen and oxygen atoms in total. The highest BCUT2D eigenvalue weighted by molar-refractivity contribution is 9.10. The smallest absolute Gasteiger partial charge is 0.241 e. The van der Waals surface area contributed by atoms with Crippen molar-refractivity contribution < 1.29 is 8.42 Å². The molecule has 0 radical (unpaired) electrons. The molecule has 0 atom stereocenters. The number of nitrogens with one attached hydrogen (secondary N) is 1. The standard InChI is InChI=1S/C13H19BrN2O2S2/c14-12-2-1-11(8-15)7-13(12)20(17,18)16-9-10-3-5-19-6-4-10/h1-2,7,10,16H,3-6,8-9,15H2. The maximum Gasteiger partial charge on any atom is 0.241 e. The summed E-state index contributed by atoms with van der Waals surface area (Å²) in [7, 11) is -3.48. The zero-order chi connectivity index (χ0) is 14.6. The van der Waals surface area contributed by atoms with E-state index in [4.69, 9.17) is 5.73 Å². The van der Waals surface area contributed by atoms with Gasteiger partial charge in [-0.2, -0.15) is 11.8 Å². The van der Waals surface area contributed by atoms with E-state index in [1.54, 1.807) is 12.1 Å². The molecule has 0 saturated carbocycles. The molecule has 1 aliphatic heterocycles. The minimum atomic E-state index is -3.48. The van der Waals surface area contributed by atoms with Crippen molar-refractivity contribution >= 4 is 37.7 Å². The van der Waals surface area contributed by atoms with Crippen molar-refractivity contribution in [1.82, 2.24) is 4.72 Å². The molecule has 1 heterocycles. The maximum atomic E-state index is 12.4. The fraction of sp³-hybridized carbons (Fsp3) is 0.538. The zero-order valence-corrected chi connectivity index (χ0v) is 14.4. The third-order valence-corrected chi connectivity index (χ3v) is 6.89. The summed E-state index contributed by atoms with van der Waals surface area (Å²) in [5, 5.41) is 0. The van der Waals surface area contributed by atoms with Gasteiger partial charge in [0.05, 0.1) is 4.90 Å². The minimum absolute atomic E-state index is 0.269. The summed E-state index contributed by atoms with van der Waals surface area (Å²) in [5.41, 5.74) is 6.38. The van der Waals surface area contributed by atoms with Crippen molar-refractivity contribution in [3.8, 4) is 0 Å². The predicted octanol–water partition coefficient (Wildman–Crippen LogP) is 2.33. The van der Waals surface area contributed by atoms with Crippen LogP contribution in [0, 0.1) is 5.92 Å². The molecule has 20 heavy (non-hydrogen) atoms. The first kappa shape index (κ1) is 16.3. The molecule has 1 aromatic rings. The Morgan fingerprint density at radius 3 is 2.70 bits per heavy atom. The lowest BCUT2D eigenvalue weighted by Gasteiger charge is -2.21. The van der Waals surface area contributed by atoms with Gasteiger partial charge in [-0.1, -0.05) is 6.07 Å². The highest BCUT2D eigenvalue weighted by Crippen LogP contribution is 2.25. The van der Waals surface area contributed by atoms with Crippen molar-refractivity contribution in [2.24, 2.45) is 11.7 Å². The fourth-order valence-electron chi connectivity index (χ4n) is 2.14. The van der Waals surface area contributed by atoms with Crippen molar-refractivity contribution in [3.05, 3.63) is 28.2 Å². The Balaban J connectivity index is 2.09. The highest BCUT2D eigenvalue weighted by Gasteiger charge is 2.21. The van der Waals surface area contributed by atoms with Gasteiger partial charge in [-0.3, -0.25) is 0 Å². The summed E-state index contributed by atoms with van der Waals surface area (Å²) < 4.78 is 28.1. The van der Waals surface area contributed by atoms with Gasteiger partial charge in [-0.15, -0.1) is 0 Å². The molecule has 1 saturated heterocycles. The molecule has 0 amide bonds. The molecule has 0 aromatic heterocycles. The number of thioether (sulfide) groups is 1. The average Bonchev–Trinajstić information content (AvgIpc) is 2.47. The number of sulfonamides is 1. The van der Waals surface area contributed by atoms with E-state index >= 15 is 0 Å². The quantitative estimate of drug-likeness (QED) is 0.824. The summed E-state index contributed by atoms with van der Waals surface area (Å²) in [5.74, 6) is 2.69. The molecule has 1 aromatic carbocycles. The van der Waals surface area contributed by atoms with Gasteiger partial charge in [0.1, 0.15) is 0 Å². The Hall–Kier alpha value is -0.0800. The second-order valence-electron chi connectivity index (χ2n) is 4.88. The first-order valence-electron chi connectivity index (χ1n) is 6.59. The number of halogens is 1. The van der Waals surface area contributed by atoms with Gasteiger partial charge in [-0.25, -0.2) is 13.1 Å². The maximum absolute atomic E-state index is 12.4. The minimum Gasteiger partial charge on any atom is -0.326 e. The summed E-state index contributed by atoms with van der Waals surface area (Å²) in [6.45, 7) is 0.845. The number of rotatable bonds is 5. The second kappa shape index (κ2) is 7.26. The second-order valence-corrected chi connectivity index (χ2v) is 8.69. The molecule has 3 N–H and O–H groups in total. The lowest BCUT2D eigenvalue weighted by atomic mass is 10.0. The lowest BCUT2D eigenvalue weighted by molar-refractivity contribution is 0.476. The third kappa shape index (κ3) is 4.21. The van der Waals surface area contributed by atoms with Crippen LogP contribution in [-0.2, 0) is 16.6 Å². The molecule has 1 fully saturated rings. The van der Waals surface area contributed by atoms with E-state index in [-0.39, 0.29) is 4.90 Å². The average molecular weight is 379 g/mol. The van der Waals surface area contributed by atoms with Crippen molar-refractivity contribution in [3.63, 3.8) is 0 Å². The fourth-order valence-corrected chi connectivity index (χ4v) is 5.47. The molecule has 7 heteroatoms. The molecular formula is C13H19BrN2O2S2. The number of nitrogens with two attached hydrogens (primary N) is 1. The number of benzene rings is 1. The van der Waals surface area contributed by atoms with Gasteiger partial charge < -0.3 is 5.73 Å². The van der Waals surface area contributed by atoms with E-state index < -0.39 is 10.0 Å². The molecule has 1 aliphatic rings. The van der Waals surface area contributed by atoms with Gasteiger partial charge in [0.15, 0.2) is 0 Å². The molecule has 2 rings (SSSR count). The largest absolute Gasteiger partial charge is 0.326 e. The van der Waals surface area contributed by atoms with Crippen LogP contribution in [0.5, 0.6) is 0 Å². The normalized spacial score (nSPS) is 17.3. The summed E-state index contributed by atoms with van der Waals surface area (Å²) in [6, 6.07) is 5.18. The van der Waals surface area contributed by atoms with E-state index in [9.17, 15) is 8.42 Å². The molecule has 0 bridgehead atoms. The van der Waals surface area contributed by atoms with E-state index in [0.29, 0.717) is 23.5 Å². The van der Waals surface area contributed by atoms with Crippen molar-refractivity contribution in [2.75, 3.05) is 18.1 Å². The van der Waals surface area contributed by atoms with Crippen molar-refractivity contribution in [1.29, 1.82) is 0 Å². The molecular weight excluding hydrogens is 360 g/mol. The van der Waals surface area contributed by atoms with E-state index in [1.807, 2.05) is 17.8 Å². The number of hydrogen-bond donors (Lipinski definition) is 2. The van der Waals surface area contributed by atoms with E-state index in [1.165, 1.54) is 0 Å². The van der Waals surface area contributed by atoms with Crippen LogP contribution in [0.2, 0.25) is 0 Å². The molecule has 0 spiro atoms. The van der Waals surface area contributed by atoms with E-state index in [2.05, 4.69) is 20.7 Å². The lowest BCUT2D eigenvalue weighted by Crippen LogP contribution is -2.31. The van der Waals surface area contributed by atoms with Crippen LogP contribution in [0.1, 0.15) is 18.4 Å². The summed E-state index contributed by atoms with van der Waals surface area (Å²) in [4.78, 5) is 0.269.